The number of rotatable bonds is 5. The quantitative estimate of drug-likeness (QED) is 0.820. The molecule has 1 fully saturated rings. The van der Waals surface area contributed by atoms with Crippen LogP contribution in [-0.2, 0) is 9.53 Å². The van der Waals surface area contributed by atoms with Crippen LogP contribution >= 0.6 is 0 Å². The summed E-state index contributed by atoms with van der Waals surface area (Å²) in [6, 6.07) is 3.74. The number of aromatic nitrogens is 1. The molecule has 0 spiro atoms. The fraction of sp³-hybridized carbons (Fsp3) is 0.429. The zero-order chi connectivity index (χ0) is 13.7. The predicted molar refractivity (Wildman–Crippen MR) is 73.2 cm³/mol. The average molecular weight is 262 g/mol. The molecule has 1 aliphatic heterocycles. The lowest BCUT2D eigenvalue weighted by molar-refractivity contribution is -0.131. The van der Waals surface area contributed by atoms with Crippen LogP contribution in [0.2, 0.25) is 0 Å². The number of ether oxygens (including phenoxy) is 1. The van der Waals surface area contributed by atoms with Crippen molar-refractivity contribution >= 4 is 17.9 Å². The predicted octanol–water partition coefficient (Wildman–Crippen LogP) is 1.79. The van der Waals surface area contributed by atoms with Crippen LogP contribution in [-0.4, -0.2) is 42.4 Å². The molecule has 2 rings (SSSR count). The summed E-state index contributed by atoms with van der Waals surface area (Å²) in [5, 5.41) is 8.55. The lowest BCUT2D eigenvalue weighted by atomic mass is 10.2. The van der Waals surface area contributed by atoms with Gasteiger partial charge in [0.1, 0.15) is 5.82 Å². The molecule has 2 heterocycles. The Morgan fingerprint density at radius 3 is 3.05 bits per heavy atom. The summed E-state index contributed by atoms with van der Waals surface area (Å²) in [7, 11) is 1.98. The molecular weight excluding hydrogens is 244 g/mol. The topological polar surface area (TPSA) is 62.7 Å². The molecule has 0 amide bonds. The SMILES string of the molecule is CN(CC1CCCO1)c1ccc(/C=C/C(=O)O)cn1. The summed E-state index contributed by atoms with van der Waals surface area (Å²) in [6.45, 7) is 1.68. The molecule has 1 atom stereocenters. The van der Waals surface area contributed by atoms with Gasteiger partial charge in [-0.2, -0.15) is 0 Å². The van der Waals surface area contributed by atoms with Crippen molar-refractivity contribution < 1.29 is 14.6 Å². The van der Waals surface area contributed by atoms with Crippen LogP contribution in [0, 0.1) is 0 Å². The Morgan fingerprint density at radius 1 is 1.63 bits per heavy atom. The van der Waals surface area contributed by atoms with Gasteiger partial charge in [0.25, 0.3) is 0 Å². The summed E-state index contributed by atoms with van der Waals surface area (Å²) < 4.78 is 5.59. The minimum Gasteiger partial charge on any atom is -0.478 e. The van der Waals surface area contributed by atoms with Crippen molar-refractivity contribution in [2.45, 2.75) is 18.9 Å². The Morgan fingerprint density at radius 2 is 2.47 bits per heavy atom. The lowest BCUT2D eigenvalue weighted by Gasteiger charge is -2.21. The van der Waals surface area contributed by atoms with Crippen molar-refractivity contribution in [3.8, 4) is 0 Å². The van der Waals surface area contributed by atoms with Gasteiger partial charge in [-0.25, -0.2) is 9.78 Å². The number of anilines is 1. The van der Waals surface area contributed by atoms with Gasteiger partial charge < -0.3 is 14.7 Å². The van der Waals surface area contributed by atoms with Crippen LogP contribution in [0.25, 0.3) is 6.08 Å². The molecule has 102 valence electrons. The molecule has 0 saturated carbocycles. The summed E-state index contributed by atoms with van der Waals surface area (Å²) in [5.41, 5.74) is 0.775. The van der Waals surface area contributed by atoms with Gasteiger partial charge in [0.2, 0.25) is 0 Å². The zero-order valence-corrected chi connectivity index (χ0v) is 11.0. The maximum absolute atomic E-state index is 10.4. The molecular formula is C14H18N2O3. The molecule has 0 aromatic carbocycles. The Kier molecular flexibility index (Phi) is 4.52. The van der Waals surface area contributed by atoms with Gasteiger partial charge in [-0.1, -0.05) is 0 Å². The fourth-order valence-electron chi connectivity index (χ4n) is 2.08. The summed E-state index contributed by atoms with van der Waals surface area (Å²) in [5.74, 6) is -0.0949. The van der Waals surface area contributed by atoms with E-state index in [2.05, 4.69) is 9.88 Å². The van der Waals surface area contributed by atoms with Crippen molar-refractivity contribution in [3.63, 3.8) is 0 Å². The highest BCUT2D eigenvalue weighted by molar-refractivity contribution is 5.85. The van der Waals surface area contributed by atoms with Crippen LogP contribution in [0.15, 0.2) is 24.4 Å². The number of carbonyl (C=O) groups is 1. The molecule has 19 heavy (non-hydrogen) atoms. The number of hydrogen-bond acceptors (Lipinski definition) is 4. The van der Waals surface area contributed by atoms with Crippen molar-refractivity contribution in [2.24, 2.45) is 0 Å². The van der Waals surface area contributed by atoms with E-state index in [0.717, 1.165) is 43.5 Å². The van der Waals surface area contributed by atoms with Gasteiger partial charge in [0, 0.05) is 32.5 Å². The van der Waals surface area contributed by atoms with Crippen LogP contribution in [0.5, 0.6) is 0 Å². The van der Waals surface area contributed by atoms with E-state index >= 15 is 0 Å². The van der Waals surface area contributed by atoms with E-state index in [1.807, 2.05) is 19.2 Å². The van der Waals surface area contributed by atoms with Gasteiger partial charge >= 0.3 is 5.97 Å². The van der Waals surface area contributed by atoms with E-state index in [1.165, 1.54) is 6.08 Å². The van der Waals surface area contributed by atoms with Crippen molar-refractivity contribution in [2.75, 3.05) is 25.1 Å². The van der Waals surface area contributed by atoms with E-state index in [-0.39, 0.29) is 0 Å². The summed E-state index contributed by atoms with van der Waals surface area (Å²) >= 11 is 0. The molecule has 1 N–H and O–H groups in total. The van der Waals surface area contributed by atoms with Gasteiger partial charge in [0.15, 0.2) is 0 Å². The monoisotopic (exact) mass is 262 g/mol. The van der Waals surface area contributed by atoms with E-state index in [9.17, 15) is 4.79 Å². The van der Waals surface area contributed by atoms with Crippen molar-refractivity contribution in [3.05, 3.63) is 30.0 Å². The van der Waals surface area contributed by atoms with Gasteiger partial charge in [-0.05, 0) is 36.6 Å². The fourth-order valence-corrected chi connectivity index (χ4v) is 2.08. The Balaban J connectivity index is 1.95. The Labute approximate surface area is 112 Å². The third kappa shape index (κ3) is 4.06. The number of nitrogens with zero attached hydrogens (tertiary/aromatic N) is 2. The molecule has 1 saturated heterocycles. The first kappa shape index (κ1) is 13.5. The van der Waals surface area contributed by atoms with E-state index in [4.69, 9.17) is 9.84 Å². The Hall–Kier alpha value is -1.88. The number of likely N-dealkylation sites (N-methyl/N-ethyl adjacent to an activating group) is 1. The molecule has 1 aromatic rings. The maximum Gasteiger partial charge on any atom is 0.328 e. The summed E-state index contributed by atoms with van der Waals surface area (Å²) in [4.78, 5) is 16.8. The smallest absolute Gasteiger partial charge is 0.328 e. The second-order valence-electron chi connectivity index (χ2n) is 4.64. The molecule has 1 aliphatic rings. The Bertz CT molecular complexity index is 450. The second-order valence-corrected chi connectivity index (χ2v) is 4.64. The van der Waals surface area contributed by atoms with E-state index in [1.54, 1.807) is 6.20 Å². The first-order valence-corrected chi connectivity index (χ1v) is 6.35. The summed E-state index contributed by atoms with van der Waals surface area (Å²) in [6.07, 6.45) is 6.82. The second kappa shape index (κ2) is 6.33. The highest BCUT2D eigenvalue weighted by Crippen LogP contribution is 2.16. The molecule has 0 radical (unpaired) electrons. The van der Waals surface area contributed by atoms with Crippen LogP contribution in [0.4, 0.5) is 5.82 Å². The first-order valence-electron chi connectivity index (χ1n) is 6.35. The number of pyridine rings is 1. The number of hydrogen-bond donors (Lipinski definition) is 1. The minimum absolute atomic E-state index is 0.290. The van der Waals surface area contributed by atoms with E-state index < -0.39 is 5.97 Å². The molecule has 1 unspecified atom stereocenters. The molecule has 5 nitrogen and oxygen atoms in total. The highest BCUT2D eigenvalue weighted by atomic mass is 16.5. The lowest BCUT2D eigenvalue weighted by Crippen LogP contribution is -2.29. The number of carboxylic acid groups (broad SMARTS) is 1. The standard InChI is InChI=1S/C14H18N2O3/c1-16(10-12-3-2-8-19-12)13-6-4-11(9-15-13)5-7-14(17)18/h4-7,9,12H,2-3,8,10H2,1H3,(H,17,18)/b7-5+. The van der Waals surface area contributed by atoms with E-state index in [0.29, 0.717) is 6.10 Å². The van der Waals surface area contributed by atoms with Crippen LogP contribution in [0.1, 0.15) is 18.4 Å². The largest absolute Gasteiger partial charge is 0.478 e. The molecule has 1 aromatic heterocycles. The number of carboxylic acids is 1. The third-order valence-electron chi connectivity index (χ3n) is 3.08. The molecule has 0 bridgehead atoms. The molecule has 0 aliphatic carbocycles. The maximum atomic E-state index is 10.4. The number of aliphatic carboxylic acids is 1. The van der Waals surface area contributed by atoms with Crippen molar-refractivity contribution in [1.82, 2.24) is 4.98 Å². The minimum atomic E-state index is -0.959. The van der Waals surface area contributed by atoms with Gasteiger partial charge in [-0.3, -0.25) is 0 Å². The first-order chi connectivity index (χ1) is 9.15. The average Bonchev–Trinajstić information content (AvgIpc) is 2.89. The van der Waals surface area contributed by atoms with Gasteiger partial charge in [-0.15, -0.1) is 0 Å². The van der Waals surface area contributed by atoms with Crippen LogP contribution < -0.4 is 4.90 Å². The highest BCUT2D eigenvalue weighted by Gasteiger charge is 2.17. The van der Waals surface area contributed by atoms with Gasteiger partial charge in [0.05, 0.1) is 6.10 Å². The zero-order valence-electron chi connectivity index (χ0n) is 11.0. The van der Waals surface area contributed by atoms with Crippen LogP contribution in [0.3, 0.4) is 0 Å². The molecule has 5 heteroatoms. The van der Waals surface area contributed by atoms with Crippen molar-refractivity contribution in [1.29, 1.82) is 0 Å². The normalized spacial score (nSPS) is 18.9. The third-order valence-corrected chi connectivity index (χ3v) is 3.08.